The molecule has 1 aliphatic rings. The summed E-state index contributed by atoms with van der Waals surface area (Å²) in [4.78, 5) is 9.48. The minimum Gasteiger partial charge on any atom is -0.369 e. The summed E-state index contributed by atoms with van der Waals surface area (Å²) in [5, 5.41) is 3.44. The van der Waals surface area contributed by atoms with Gasteiger partial charge in [-0.1, -0.05) is 30.3 Å². The van der Waals surface area contributed by atoms with Crippen molar-refractivity contribution in [2.75, 3.05) is 51.6 Å². The lowest BCUT2D eigenvalue weighted by molar-refractivity contribution is 0.285. The molecule has 1 aromatic heterocycles. The van der Waals surface area contributed by atoms with Crippen LogP contribution in [0.1, 0.15) is 6.42 Å². The standard InChI is InChI=1S/C19H26N4/c1-22-11-5-12-23(15-14-22)13-10-20-19-9-8-18(16-21-19)17-6-3-2-4-7-17/h2-4,6-9,16H,5,10-15H2,1H3,(H,20,21). The van der Waals surface area contributed by atoms with E-state index in [0.717, 1.165) is 24.5 Å². The molecule has 0 bridgehead atoms. The molecule has 0 radical (unpaired) electrons. The first-order valence-corrected chi connectivity index (χ1v) is 8.47. The first-order valence-electron chi connectivity index (χ1n) is 8.47. The minimum atomic E-state index is 0.946. The van der Waals surface area contributed by atoms with Crippen LogP contribution in [-0.2, 0) is 0 Å². The molecule has 0 amide bonds. The van der Waals surface area contributed by atoms with Crippen LogP contribution in [0.25, 0.3) is 11.1 Å². The molecule has 1 saturated heterocycles. The Balaban J connectivity index is 1.47. The second-order valence-electron chi connectivity index (χ2n) is 6.22. The number of anilines is 1. The number of hydrogen-bond acceptors (Lipinski definition) is 4. The van der Waals surface area contributed by atoms with Gasteiger partial charge >= 0.3 is 0 Å². The van der Waals surface area contributed by atoms with Gasteiger partial charge in [0.05, 0.1) is 0 Å². The maximum atomic E-state index is 4.53. The third kappa shape index (κ3) is 4.78. The molecule has 0 aliphatic carbocycles. The molecule has 1 aromatic carbocycles. The molecule has 1 fully saturated rings. The predicted octanol–water partition coefficient (Wildman–Crippen LogP) is 2.80. The molecule has 4 heteroatoms. The van der Waals surface area contributed by atoms with Gasteiger partial charge in [0, 0.05) is 37.9 Å². The van der Waals surface area contributed by atoms with Crippen molar-refractivity contribution in [3.8, 4) is 11.1 Å². The Morgan fingerprint density at radius 2 is 1.83 bits per heavy atom. The van der Waals surface area contributed by atoms with Gasteiger partial charge in [-0.3, -0.25) is 0 Å². The Bertz CT molecular complexity index is 582. The van der Waals surface area contributed by atoms with Gasteiger partial charge in [0.1, 0.15) is 5.82 Å². The number of benzene rings is 1. The van der Waals surface area contributed by atoms with Crippen molar-refractivity contribution in [3.63, 3.8) is 0 Å². The van der Waals surface area contributed by atoms with Crippen LogP contribution in [0.4, 0.5) is 5.82 Å². The van der Waals surface area contributed by atoms with Crippen LogP contribution < -0.4 is 5.32 Å². The van der Waals surface area contributed by atoms with E-state index in [4.69, 9.17) is 0 Å². The van der Waals surface area contributed by atoms with E-state index in [0.29, 0.717) is 0 Å². The van der Waals surface area contributed by atoms with Crippen molar-refractivity contribution in [2.45, 2.75) is 6.42 Å². The van der Waals surface area contributed by atoms with E-state index in [2.05, 4.69) is 63.5 Å². The third-order valence-corrected chi connectivity index (χ3v) is 4.42. The van der Waals surface area contributed by atoms with Crippen LogP contribution in [0.3, 0.4) is 0 Å². The highest BCUT2D eigenvalue weighted by Gasteiger charge is 2.11. The molecule has 2 aromatic rings. The fourth-order valence-electron chi connectivity index (χ4n) is 2.97. The van der Waals surface area contributed by atoms with E-state index in [9.17, 15) is 0 Å². The molecule has 1 aliphatic heterocycles. The number of pyridine rings is 1. The number of nitrogens with one attached hydrogen (secondary N) is 1. The first kappa shape index (κ1) is 16.0. The maximum absolute atomic E-state index is 4.53. The van der Waals surface area contributed by atoms with E-state index in [1.165, 1.54) is 38.2 Å². The van der Waals surface area contributed by atoms with Gasteiger partial charge in [-0.15, -0.1) is 0 Å². The Morgan fingerprint density at radius 1 is 0.957 bits per heavy atom. The molecule has 3 rings (SSSR count). The lowest BCUT2D eigenvalue weighted by Crippen LogP contribution is -2.32. The van der Waals surface area contributed by atoms with Gasteiger partial charge in [0.2, 0.25) is 0 Å². The van der Waals surface area contributed by atoms with E-state index >= 15 is 0 Å². The summed E-state index contributed by atoms with van der Waals surface area (Å²) in [7, 11) is 2.21. The fourth-order valence-corrected chi connectivity index (χ4v) is 2.97. The van der Waals surface area contributed by atoms with Crippen LogP contribution >= 0.6 is 0 Å². The first-order chi connectivity index (χ1) is 11.3. The van der Waals surface area contributed by atoms with Crippen molar-refractivity contribution in [1.82, 2.24) is 14.8 Å². The molecule has 0 saturated carbocycles. The number of rotatable bonds is 5. The number of aromatic nitrogens is 1. The quantitative estimate of drug-likeness (QED) is 0.920. The van der Waals surface area contributed by atoms with Crippen molar-refractivity contribution < 1.29 is 0 Å². The molecule has 122 valence electrons. The zero-order valence-electron chi connectivity index (χ0n) is 13.9. The smallest absolute Gasteiger partial charge is 0.125 e. The van der Waals surface area contributed by atoms with Crippen molar-refractivity contribution >= 4 is 5.82 Å². The summed E-state index contributed by atoms with van der Waals surface area (Å²) in [5.74, 6) is 0.955. The van der Waals surface area contributed by atoms with E-state index in [-0.39, 0.29) is 0 Å². The van der Waals surface area contributed by atoms with Crippen LogP contribution in [-0.4, -0.2) is 61.1 Å². The lowest BCUT2D eigenvalue weighted by Gasteiger charge is -2.20. The third-order valence-electron chi connectivity index (χ3n) is 4.42. The highest BCUT2D eigenvalue weighted by atomic mass is 15.2. The zero-order chi connectivity index (χ0) is 15.9. The van der Waals surface area contributed by atoms with E-state index in [1.54, 1.807) is 0 Å². The molecule has 2 heterocycles. The van der Waals surface area contributed by atoms with Gasteiger partial charge in [-0.05, 0) is 44.3 Å². The largest absolute Gasteiger partial charge is 0.369 e. The van der Waals surface area contributed by atoms with Gasteiger partial charge in [-0.25, -0.2) is 4.98 Å². The summed E-state index contributed by atoms with van der Waals surface area (Å²) in [6.45, 7) is 6.78. The van der Waals surface area contributed by atoms with Crippen molar-refractivity contribution in [1.29, 1.82) is 0 Å². The zero-order valence-corrected chi connectivity index (χ0v) is 13.9. The topological polar surface area (TPSA) is 31.4 Å². The molecular weight excluding hydrogens is 284 g/mol. The summed E-state index contributed by atoms with van der Waals surface area (Å²) in [6.07, 6.45) is 3.21. The van der Waals surface area contributed by atoms with Crippen LogP contribution in [0.2, 0.25) is 0 Å². The van der Waals surface area contributed by atoms with Crippen molar-refractivity contribution in [2.24, 2.45) is 0 Å². The number of nitrogens with zero attached hydrogens (tertiary/aromatic N) is 3. The Hall–Kier alpha value is -1.91. The predicted molar refractivity (Wildman–Crippen MR) is 96.7 cm³/mol. The van der Waals surface area contributed by atoms with Crippen LogP contribution in [0.15, 0.2) is 48.7 Å². The normalized spacial score (nSPS) is 16.9. The molecule has 0 spiro atoms. The summed E-state index contributed by atoms with van der Waals surface area (Å²) >= 11 is 0. The number of likely N-dealkylation sites (N-methyl/N-ethyl adjacent to an activating group) is 1. The molecule has 23 heavy (non-hydrogen) atoms. The van der Waals surface area contributed by atoms with Crippen LogP contribution in [0, 0.1) is 0 Å². The van der Waals surface area contributed by atoms with Gasteiger partial charge in [-0.2, -0.15) is 0 Å². The maximum Gasteiger partial charge on any atom is 0.125 e. The Labute approximate surface area is 139 Å². The average Bonchev–Trinajstić information content (AvgIpc) is 2.81. The van der Waals surface area contributed by atoms with Gasteiger partial charge in [0.25, 0.3) is 0 Å². The lowest BCUT2D eigenvalue weighted by atomic mass is 10.1. The molecule has 1 N–H and O–H groups in total. The van der Waals surface area contributed by atoms with Crippen LogP contribution in [0.5, 0.6) is 0 Å². The van der Waals surface area contributed by atoms with E-state index < -0.39 is 0 Å². The number of hydrogen-bond donors (Lipinski definition) is 1. The SMILES string of the molecule is CN1CCCN(CCNc2ccc(-c3ccccc3)cn2)CC1. The second kappa shape index (κ2) is 8.09. The average molecular weight is 310 g/mol. The Morgan fingerprint density at radius 3 is 2.61 bits per heavy atom. The highest BCUT2D eigenvalue weighted by molar-refractivity contribution is 5.63. The highest BCUT2D eigenvalue weighted by Crippen LogP contribution is 2.18. The summed E-state index contributed by atoms with van der Waals surface area (Å²) in [5.41, 5.74) is 2.37. The molecule has 0 unspecified atom stereocenters. The summed E-state index contributed by atoms with van der Waals surface area (Å²) in [6, 6.07) is 14.6. The van der Waals surface area contributed by atoms with Gasteiger partial charge in [0.15, 0.2) is 0 Å². The second-order valence-corrected chi connectivity index (χ2v) is 6.22. The fraction of sp³-hybridized carbons (Fsp3) is 0.421. The summed E-state index contributed by atoms with van der Waals surface area (Å²) < 4.78 is 0. The Kier molecular flexibility index (Phi) is 5.61. The molecule has 0 atom stereocenters. The monoisotopic (exact) mass is 310 g/mol. The van der Waals surface area contributed by atoms with E-state index in [1.807, 2.05) is 12.3 Å². The van der Waals surface area contributed by atoms with Gasteiger partial charge < -0.3 is 15.1 Å². The van der Waals surface area contributed by atoms with Crippen molar-refractivity contribution in [3.05, 3.63) is 48.7 Å². The molecular formula is C19H26N4. The molecule has 4 nitrogen and oxygen atoms in total. The minimum absolute atomic E-state index is 0.946.